The lowest BCUT2D eigenvalue weighted by Gasteiger charge is -2.26. The Morgan fingerprint density at radius 1 is 1.15 bits per heavy atom. The van der Waals surface area contributed by atoms with Gasteiger partial charge in [0.2, 0.25) is 5.91 Å². The average molecular weight is 361 g/mol. The Labute approximate surface area is 159 Å². The van der Waals surface area contributed by atoms with Crippen molar-refractivity contribution in [3.05, 3.63) is 77.1 Å². The van der Waals surface area contributed by atoms with Gasteiger partial charge in [0.1, 0.15) is 5.75 Å². The number of hydrogen-bond acceptors (Lipinski definition) is 3. The van der Waals surface area contributed by atoms with Crippen LogP contribution in [0, 0.1) is 13.8 Å². The summed E-state index contributed by atoms with van der Waals surface area (Å²) in [5, 5.41) is 7.80. The minimum atomic E-state index is -0.00719. The third-order valence-corrected chi connectivity index (χ3v) is 5.07. The van der Waals surface area contributed by atoms with Crippen molar-refractivity contribution >= 4 is 5.91 Å². The van der Waals surface area contributed by atoms with Crippen LogP contribution >= 0.6 is 0 Å². The molecule has 1 aromatic heterocycles. The standard InChI is InChI=1S/C22H23N3O2/c1-15-19(16(2)25(24-15)17-8-4-3-5-9-17)14-22(26)23-20-12-13-27-21-11-7-6-10-18(20)21/h3-11,20H,12-14H2,1-2H3,(H,23,26)/t20-/m0/s1. The van der Waals surface area contributed by atoms with Crippen molar-refractivity contribution in [2.24, 2.45) is 0 Å². The van der Waals surface area contributed by atoms with Crippen LogP contribution in [-0.2, 0) is 11.2 Å². The lowest BCUT2D eigenvalue weighted by molar-refractivity contribution is -0.121. The SMILES string of the molecule is Cc1nn(-c2ccccc2)c(C)c1CC(=O)N[C@H]1CCOc2ccccc21. The maximum atomic E-state index is 12.8. The molecule has 0 fully saturated rings. The third-order valence-electron chi connectivity index (χ3n) is 5.07. The van der Waals surface area contributed by atoms with E-state index in [-0.39, 0.29) is 11.9 Å². The largest absolute Gasteiger partial charge is 0.493 e. The molecule has 1 atom stereocenters. The van der Waals surface area contributed by atoms with Crippen LogP contribution in [0.3, 0.4) is 0 Å². The van der Waals surface area contributed by atoms with Crippen LogP contribution in [0.4, 0.5) is 0 Å². The summed E-state index contributed by atoms with van der Waals surface area (Å²) in [6.45, 7) is 4.59. The fraction of sp³-hybridized carbons (Fsp3) is 0.273. The van der Waals surface area contributed by atoms with Gasteiger partial charge in [-0.3, -0.25) is 4.79 Å². The molecule has 0 saturated heterocycles. The minimum absolute atomic E-state index is 0.00719. The number of amides is 1. The van der Waals surface area contributed by atoms with Crippen LogP contribution in [0.5, 0.6) is 5.75 Å². The summed E-state index contributed by atoms with van der Waals surface area (Å²) in [5.74, 6) is 0.869. The van der Waals surface area contributed by atoms with Gasteiger partial charge in [-0.05, 0) is 32.0 Å². The number of carbonyl (C=O) groups excluding carboxylic acids is 1. The number of fused-ring (bicyclic) bond motifs is 1. The number of rotatable bonds is 4. The van der Waals surface area contributed by atoms with Gasteiger partial charge in [-0.15, -0.1) is 0 Å². The fourth-order valence-corrected chi connectivity index (χ4v) is 3.65. The molecule has 0 saturated carbocycles. The highest BCUT2D eigenvalue weighted by atomic mass is 16.5. The van der Waals surface area contributed by atoms with Crippen molar-refractivity contribution in [2.45, 2.75) is 32.7 Å². The topological polar surface area (TPSA) is 56.2 Å². The van der Waals surface area contributed by atoms with E-state index in [1.54, 1.807) is 0 Å². The first-order valence-corrected chi connectivity index (χ1v) is 9.25. The van der Waals surface area contributed by atoms with Crippen molar-refractivity contribution < 1.29 is 9.53 Å². The van der Waals surface area contributed by atoms with E-state index in [1.165, 1.54) is 0 Å². The second kappa shape index (κ2) is 7.27. The van der Waals surface area contributed by atoms with Crippen LogP contribution in [0.1, 0.15) is 35.0 Å². The van der Waals surface area contributed by atoms with E-state index in [2.05, 4.69) is 10.4 Å². The van der Waals surface area contributed by atoms with E-state index in [1.807, 2.05) is 73.1 Å². The van der Waals surface area contributed by atoms with Gasteiger partial charge in [-0.1, -0.05) is 36.4 Å². The maximum absolute atomic E-state index is 12.8. The highest BCUT2D eigenvalue weighted by Crippen LogP contribution is 2.31. The summed E-state index contributed by atoms with van der Waals surface area (Å²) >= 11 is 0. The molecule has 2 heterocycles. The van der Waals surface area contributed by atoms with E-state index < -0.39 is 0 Å². The molecule has 5 heteroatoms. The number of carbonyl (C=O) groups is 1. The quantitative estimate of drug-likeness (QED) is 0.771. The number of nitrogens with zero attached hydrogens (tertiary/aromatic N) is 2. The minimum Gasteiger partial charge on any atom is -0.493 e. The van der Waals surface area contributed by atoms with Crippen LogP contribution in [0.15, 0.2) is 54.6 Å². The van der Waals surface area contributed by atoms with Crippen LogP contribution in [0.25, 0.3) is 5.69 Å². The van der Waals surface area contributed by atoms with E-state index in [9.17, 15) is 4.79 Å². The number of benzene rings is 2. The monoisotopic (exact) mass is 361 g/mol. The zero-order valence-electron chi connectivity index (χ0n) is 15.6. The zero-order chi connectivity index (χ0) is 18.8. The summed E-state index contributed by atoms with van der Waals surface area (Å²) in [6.07, 6.45) is 1.11. The molecule has 27 heavy (non-hydrogen) atoms. The lowest BCUT2D eigenvalue weighted by Crippen LogP contribution is -2.33. The molecule has 1 aliphatic rings. The van der Waals surface area contributed by atoms with Gasteiger partial charge >= 0.3 is 0 Å². The van der Waals surface area contributed by atoms with Crippen molar-refractivity contribution in [1.82, 2.24) is 15.1 Å². The molecule has 0 aliphatic carbocycles. The first-order valence-electron chi connectivity index (χ1n) is 9.25. The second-order valence-electron chi connectivity index (χ2n) is 6.87. The van der Waals surface area contributed by atoms with Gasteiger partial charge in [-0.25, -0.2) is 4.68 Å². The molecular formula is C22H23N3O2. The predicted molar refractivity (Wildman–Crippen MR) is 104 cm³/mol. The van der Waals surface area contributed by atoms with E-state index >= 15 is 0 Å². The van der Waals surface area contributed by atoms with Crippen molar-refractivity contribution in [3.63, 3.8) is 0 Å². The Balaban J connectivity index is 1.52. The molecule has 1 aliphatic heterocycles. The van der Waals surface area contributed by atoms with Crippen LogP contribution < -0.4 is 10.1 Å². The van der Waals surface area contributed by atoms with Gasteiger partial charge in [-0.2, -0.15) is 5.10 Å². The molecule has 0 bridgehead atoms. The highest BCUT2D eigenvalue weighted by Gasteiger charge is 2.24. The molecule has 2 aromatic carbocycles. The molecule has 4 rings (SSSR count). The van der Waals surface area contributed by atoms with E-state index in [0.717, 1.165) is 40.4 Å². The van der Waals surface area contributed by atoms with Crippen molar-refractivity contribution in [2.75, 3.05) is 6.61 Å². The number of para-hydroxylation sites is 2. The molecule has 1 N–H and O–H groups in total. The molecule has 3 aromatic rings. The van der Waals surface area contributed by atoms with Gasteiger partial charge in [0.25, 0.3) is 0 Å². The molecule has 138 valence electrons. The fourth-order valence-electron chi connectivity index (χ4n) is 3.65. The van der Waals surface area contributed by atoms with E-state index in [4.69, 9.17) is 4.74 Å². The van der Waals surface area contributed by atoms with E-state index in [0.29, 0.717) is 13.0 Å². The number of aromatic nitrogens is 2. The van der Waals surface area contributed by atoms with Gasteiger partial charge in [0.05, 0.1) is 30.5 Å². The van der Waals surface area contributed by atoms with Crippen molar-refractivity contribution in [1.29, 1.82) is 0 Å². The Hall–Kier alpha value is -3.08. The molecule has 0 radical (unpaired) electrons. The van der Waals surface area contributed by atoms with Gasteiger partial charge in [0, 0.05) is 23.2 Å². The predicted octanol–water partition coefficient (Wildman–Crippen LogP) is 3.67. The Morgan fingerprint density at radius 3 is 2.70 bits per heavy atom. The normalized spacial score (nSPS) is 15.7. The summed E-state index contributed by atoms with van der Waals surface area (Å²) in [7, 11) is 0. The lowest BCUT2D eigenvalue weighted by atomic mass is 10.00. The first-order chi connectivity index (χ1) is 13.1. The maximum Gasteiger partial charge on any atom is 0.225 e. The molecule has 0 unspecified atom stereocenters. The van der Waals surface area contributed by atoms with Crippen molar-refractivity contribution in [3.8, 4) is 11.4 Å². The number of nitrogens with one attached hydrogen (secondary N) is 1. The summed E-state index contributed by atoms with van der Waals surface area (Å²) in [6, 6.07) is 17.9. The average Bonchev–Trinajstić information content (AvgIpc) is 2.97. The van der Waals surface area contributed by atoms with Crippen LogP contribution in [0.2, 0.25) is 0 Å². The van der Waals surface area contributed by atoms with Gasteiger partial charge < -0.3 is 10.1 Å². The number of ether oxygens (including phenoxy) is 1. The molecular weight excluding hydrogens is 338 g/mol. The zero-order valence-corrected chi connectivity index (χ0v) is 15.6. The first kappa shape index (κ1) is 17.3. The van der Waals surface area contributed by atoms with Crippen LogP contribution in [-0.4, -0.2) is 22.3 Å². The number of hydrogen-bond donors (Lipinski definition) is 1. The smallest absolute Gasteiger partial charge is 0.225 e. The van der Waals surface area contributed by atoms with Gasteiger partial charge in [0.15, 0.2) is 0 Å². The number of aryl methyl sites for hydroxylation is 1. The third kappa shape index (κ3) is 3.45. The Kier molecular flexibility index (Phi) is 4.67. The summed E-state index contributed by atoms with van der Waals surface area (Å²) in [4.78, 5) is 12.8. The summed E-state index contributed by atoms with van der Waals surface area (Å²) in [5.41, 5.74) is 4.92. The highest BCUT2D eigenvalue weighted by molar-refractivity contribution is 5.79. The second-order valence-corrected chi connectivity index (χ2v) is 6.87. The Bertz CT molecular complexity index is 963. The molecule has 1 amide bonds. The Morgan fingerprint density at radius 2 is 1.89 bits per heavy atom. The molecule has 5 nitrogen and oxygen atoms in total. The molecule has 0 spiro atoms. The summed E-state index contributed by atoms with van der Waals surface area (Å²) < 4.78 is 7.58.